The van der Waals surface area contributed by atoms with Gasteiger partial charge in [0.2, 0.25) is 11.2 Å². The molecular weight excluding hydrogens is 901 g/mol. The van der Waals surface area contributed by atoms with Crippen LogP contribution in [0.15, 0.2) is 97.6 Å². The number of benzene rings is 4. The van der Waals surface area contributed by atoms with Crippen molar-refractivity contribution in [2.75, 3.05) is 32.2 Å². The zero-order valence-corrected chi connectivity index (χ0v) is 37.9. The van der Waals surface area contributed by atoms with Crippen LogP contribution in [0.25, 0.3) is 22.3 Å². The molecule has 2 saturated heterocycles. The van der Waals surface area contributed by atoms with Gasteiger partial charge < -0.3 is 29.9 Å². The summed E-state index contributed by atoms with van der Waals surface area (Å²) in [6.07, 6.45) is 12.3. The Labute approximate surface area is 390 Å². The van der Waals surface area contributed by atoms with Gasteiger partial charge in [0.25, 0.3) is 0 Å². The van der Waals surface area contributed by atoms with Gasteiger partial charge in [-0.3, -0.25) is 4.79 Å². The molecular formula is C48H47Cl3F2N6O6. The Kier molecular flexibility index (Phi) is 17.4. The van der Waals surface area contributed by atoms with Crippen molar-refractivity contribution in [2.45, 2.75) is 63.5 Å². The first-order chi connectivity index (χ1) is 31.4. The minimum Gasteiger partial charge on any atom is -0.496 e. The third-order valence-corrected chi connectivity index (χ3v) is 11.5. The molecule has 2 aromatic heterocycles. The molecule has 65 heavy (non-hydrogen) atoms. The number of aliphatic carboxylic acids is 2. The molecule has 4 aromatic carbocycles. The van der Waals surface area contributed by atoms with E-state index in [0.717, 1.165) is 49.8 Å². The van der Waals surface area contributed by atoms with Crippen molar-refractivity contribution in [1.82, 2.24) is 25.3 Å². The Morgan fingerprint density at radius 2 is 1.20 bits per heavy atom. The monoisotopic (exact) mass is 946 g/mol. The van der Waals surface area contributed by atoms with Gasteiger partial charge in [0.15, 0.2) is 0 Å². The number of nitrogens with zero attached hydrogens (tertiary/aromatic N) is 5. The van der Waals surface area contributed by atoms with Crippen LogP contribution < -0.4 is 19.7 Å². The van der Waals surface area contributed by atoms with Crippen LogP contribution in [0.3, 0.4) is 0 Å². The van der Waals surface area contributed by atoms with Gasteiger partial charge in [0, 0.05) is 54.2 Å². The number of ether oxygens (including phenoxy) is 2. The molecule has 340 valence electrons. The molecule has 8 rings (SSSR count). The van der Waals surface area contributed by atoms with Crippen molar-refractivity contribution >= 4 is 52.7 Å². The van der Waals surface area contributed by atoms with Gasteiger partial charge in [-0.05, 0) is 120 Å². The highest BCUT2D eigenvalue weighted by molar-refractivity contribution is 6.31. The summed E-state index contributed by atoms with van der Waals surface area (Å²) in [6, 6.07) is 19.9. The number of hydrogen-bond donors (Lipinski definition) is 3. The summed E-state index contributed by atoms with van der Waals surface area (Å²) in [5, 5.41) is 22.1. The topological polar surface area (TPSA) is 160 Å². The second kappa shape index (κ2) is 23.3. The molecule has 12 nitrogen and oxygen atoms in total. The lowest BCUT2D eigenvalue weighted by atomic mass is 9.98. The minimum absolute atomic E-state index is 0.161. The molecule has 2 aliphatic rings. The Hall–Kier alpha value is -5.93. The first kappa shape index (κ1) is 48.5. The standard InChI is InChI=1S/C24H23ClFN3O3.C18H13Cl2FN2O.C6H11NO2/c1-32-20-9-8-17(22(26)21(20)16-5-4-6-18(25)12-16)11-15-13-27-24(28-14-15)29-10-3-2-7-19(29)23(30)31;1-24-15-6-5-13(7-11-9-22-18(20)23-10-11)17(21)16(15)12-3-2-4-14(19)8-12;8-6(9)5-3-1-2-4-7-5/h4-6,8-9,12-14,19H,2-3,7,10-11H2,1H3,(H,30,31);2-6,8-10H,7H2,1H3;5,7H,1-4H2,(H,8,9). The van der Waals surface area contributed by atoms with Crippen molar-refractivity contribution in [1.29, 1.82) is 0 Å². The molecule has 4 heterocycles. The van der Waals surface area contributed by atoms with E-state index in [1.165, 1.54) is 14.2 Å². The second-order valence-electron chi connectivity index (χ2n) is 15.2. The molecule has 17 heteroatoms. The number of carboxylic acids is 2. The highest BCUT2D eigenvalue weighted by Gasteiger charge is 2.30. The summed E-state index contributed by atoms with van der Waals surface area (Å²) < 4.78 is 41.3. The van der Waals surface area contributed by atoms with E-state index < -0.39 is 23.8 Å². The van der Waals surface area contributed by atoms with Crippen LogP contribution in [-0.4, -0.2) is 81.5 Å². The van der Waals surface area contributed by atoms with E-state index in [9.17, 15) is 14.7 Å². The van der Waals surface area contributed by atoms with Gasteiger partial charge in [-0.15, -0.1) is 0 Å². The summed E-state index contributed by atoms with van der Waals surface area (Å²) >= 11 is 17.8. The number of anilines is 1. The predicted octanol–water partition coefficient (Wildman–Crippen LogP) is 10.4. The number of carboxylic acid groups (broad SMARTS) is 2. The summed E-state index contributed by atoms with van der Waals surface area (Å²) in [7, 11) is 3.01. The van der Waals surface area contributed by atoms with Crippen LogP contribution in [0.4, 0.5) is 14.7 Å². The van der Waals surface area contributed by atoms with Gasteiger partial charge in [-0.25, -0.2) is 33.5 Å². The van der Waals surface area contributed by atoms with E-state index >= 15 is 8.78 Å². The van der Waals surface area contributed by atoms with E-state index in [4.69, 9.17) is 49.4 Å². The number of aromatic nitrogens is 4. The van der Waals surface area contributed by atoms with Crippen LogP contribution in [0, 0.1) is 11.6 Å². The molecule has 0 radical (unpaired) electrons. The maximum atomic E-state index is 15.5. The third kappa shape index (κ3) is 12.9. The predicted molar refractivity (Wildman–Crippen MR) is 247 cm³/mol. The molecule has 2 unspecified atom stereocenters. The minimum atomic E-state index is -0.869. The molecule has 0 saturated carbocycles. The molecule has 0 spiro atoms. The Morgan fingerprint density at radius 1 is 0.692 bits per heavy atom. The SMILES string of the molecule is COc1ccc(Cc2cnc(Cl)nc2)c(F)c1-c1cccc(Cl)c1.COc1ccc(Cc2cnc(N3CCCCC3C(=O)O)nc2)c(F)c1-c1cccc(Cl)c1.O=C(O)C1CCCCN1. The number of methoxy groups -OCH3 is 2. The van der Waals surface area contributed by atoms with Crippen LogP contribution in [0.1, 0.15) is 60.8 Å². The van der Waals surface area contributed by atoms with Crippen molar-refractivity contribution in [3.05, 3.63) is 147 Å². The highest BCUT2D eigenvalue weighted by atomic mass is 35.5. The summed E-state index contributed by atoms with van der Waals surface area (Å²) in [5.41, 5.74) is 4.49. The zero-order valence-electron chi connectivity index (χ0n) is 35.6. The van der Waals surface area contributed by atoms with Crippen molar-refractivity contribution < 1.29 is 38.1 Å². The fourth-order valence-electron chi connectivity index (χ4n) is 7.59. The fraction of sp³-hybridized carbons (Fsp3) is 0.292. The van der Waals surface area contributed by atoms with Crippen molar-refractivity contribution in [3.63, 3.8) is 0 Å². The third-order valence-electron chi connectivity index (χ3n) is 10.8. The average molecular weight is 948 g/mol. The lowest BCUT2D eigenvalue weighted by Crippen LogP contribution is -2.45. The summed E-state index contributed by atoms with van der Waals surface area (Å²) in [5.74, 6) is -1.07. The first-order valence-electron chi connectivity index (χ1n) is 20.8. The van der Waals surface area contributed by atoms with Gasteiger partial charge in [-0.1, -0.05) is 66.0 Å². The molecule has 3 N–H and O–H groups in total. The normalized spacial score (nSPS) is 15.7. The van der Waals surface area contributed by atoms with Crippen LogP contribution in [-0.2, 0) is 22.4 Å². The van der Waals surface area contributed by atoms with Crippen LogP contribution >= 0.6 is 34.8 Å². The van der Waals surface area contributed by atoms with Crippen molar-refractivity contribution in [3.8, 4) is 33.8 Å². The van der Waals surface area contributed by atoms with E-state index in [-0.39, 0.29) is 23.6 Å². The number of nitrogens with one attached hydrogen (secondary N) is 1. The quantitative estimate of drug-likeness (QED) is 0.106. The summed E-state index contributed by atoms with van der Waals surface area (Å²) in [4.78, 5) is 40.2. The number of carbonyl (C=O) groups is 2. The molecule has 6 aromatic rings. The van der Waals surface area contributed by atoms with Gasteiger partial charge in [0.1, 0.15) is 35.2 Å². The molecule has 2 atom stereocenters. The average Bonchev–Trinajstić information content (AvgIpc) is 3.31. The fourth-order valence-corrected chi connectivity index (χ4v) is 8.07. The smallest absolute Gasteiger partial charge is 0.326 e. The zero-order chi connectivity index (χ0) is 46.5. The molecule has 0 aliphatic carbocycles. The lowest BCUT2D eigenvalue weighted by Gasteiger charge is -2.32. The van der Waals surface area contributed by atoms with Crippen LogP contribution in [0.2, 0.25) is 15.3 Å². The largest absolute Gasteiger partial charge is 0.496 e. The Balaban J connectivity index is 0.000000186. The second-order valence-corrected chi connectivity index (χ2v) is 16.5. The highest BCUT2D eigenvalue weighted by Crippen LogP contribution is 2.37. The Morgan fingerprint density at radius 3 is 1.63 bits per heavy atom. The van der Waals surface area contributed by atoms with Gasteiger partial charge >= 0.3 is 11.9 Å². The molecule has 0 amide bonds. The molecule has 2 fully saturated rings. The van der Waals surface area contributed by atoms with E-state index in [1.807, 2.05) is 0 Å². The van der Waals surface area contributed by atoms with E-state index in [0.29, 0.717) is 80.3 Å². The maximum absolute atomic E-state index is 15.5. The maximum Gasteiger partial charge on any atom is 0.326 e. The number of halogens is 5. The summed E-state index contributed by atoms with van der Waals surface area (Å²) in [6.45, 7) is 1.46. The molecule has 0 bridgehead atoms. The van der Waals surface area contributed by atoms with E-state index in [2.05, 4.69) is 25.3 Å². The van der Waals surface area contributed by atoms with Crippen LogP contribution in [0.5, 0.6) is 11.5 Å². The van der Waals surface area contributed by atoms with Gasteiger partial charge in [0.05, 0.1) is 25.3 Å². The van der Waals surface area contributed by atoms with Crippen molar-refractivity contribution in [2.24, 2.45) is 0 Å². The number of piperidine rings is 2. The van der Waals surface area contributed by atoms with Gasteiger partial charge in [-0.2, -0.15) is 0 Å². The number of rotatable bonds is 11. The Bertz CT molecular complexity index is 2570. The number of hydrogen-bond acceptors (Lipinski definition) is 10. The van der Waals surface area contributed by atoms with E-state index in [1.54, 1.807) is 102 Å². The molecule has 2 aliphatic heterocycles. The first-order valence-corrected chi connectivity index (χ1v) is 22.0. The lowest BCUT2D eigenvalue weighted by molar-refractivity contribution is -0.140.